The molecule has 1 aromatic carbocycles. The van der Waals surface area contributed by atoms with Crippen LogP contribution in [0.4, 0.5) is 0 Å². The van der Waals surface area contributed by atoms with Crippen LogP contribution in [-0.2, 0) is 18.3 Å². The molecule has 3 heterocycles. The summed E-state index contributed by atoms with van der Waals surface area (Å²) in [6, 6.07) is 11.4. The minimum Gasteiger partial charge on any atom is -0.483 e. The number of hydrogen-bond donors (Lipinski definition) is 1. The Morgan fingerprint density at radius 1 is 1.27 bits per heavy atom. The zero-order valence-electron chi connectivity index (χ0n) is 15.4. The molecule has 2 saturated heterocycles. The lowest BCUT2D eigenvalue weighted by Gasteiger charge is -2.35. The third-order valence-electron chi connectivity index (χ3n) is 5.20. The van der Waals surface area contributed by atoms with E-state index in [9.17, 15) is 0 Å². The van der Waals surface area contributed by atoms with Crippen molar-refractivity contribution in [1.82, 2.24) is 20.0 Å². The van der Waals surface area contributed by atoms with Gasteiger partial charge in [0, 0.05) is 26.2 Å². The summed E-state index contributed by atoms with van der Waals surface area (Å²) < 4.78 is 13.5. The van der Waals surface area contributed by atoms with Gasteiger partial charge in [0.15, 0.2) is 5.75 Å². The molecule has 1 N–H and O–H groups in total. The normalized spacial score (nSPS) is 26.9. The van der Waals surface area contributed by atoms with Gasteiger partial charge in [-0.2, -0.15) is 5.10 Å². The predicted molar refractivity (Wildman–Crippen MR) is 100 cm³/mol. The standard InChI is InChI=1S/C20H28N4O2/c1-23-13-18(10-21-23)26-20-15-25-14-19(20)22-17-8-5-9-24(12-17)11-16-6-3-2-4-7-16/h2-4,6-7,10,13,17,19-20,22H,5,8-9,11-12,14-15H2,1H3/t17?,19-,20+/m0/s1. The number of nitrogens with one attached hydrogen (secondary N) is 1. The molecule has 140 valence electrons. The molecular formula is C20H28N4O2. The second-order valence-electron chi connectivity index (χ2n) is 7.38. The lowest BCUT2D eigenvalue weighted by atomic mass is 10.0. The van der Waals surface area contributed by atoms with Gasteiger partial charge in [0.05, 0.1) is 31.6 Å². The Morgan fingerprint density at radius 3 is 2.96 bits per heavy atom. The number of aromatic nitrogens is 2. The number of nitrogens with zero attached hydrogens (tertiary/aromatic N) is 3. The first-order valence-electron chi connectivity index (χ1n) is 9.51. The molecule has 2 aliphatic heterocycles. The van der Waals surface area contributed by atoms with Crippen molar-refractivity contribution in [2.75, 3.05) is 26.3 Å². The van der Waals surface area contributed by atoms with Crippen molar-refractivity contribution < 1.29 is 9.47 Å². The van der Waals surface area contributed by atoms with E-state index in [1.54, 1.807) is 10.9 Å². The Kier molecular flexibility index (Phi) is 5.53. The van der Waals surface area contributed by atoms with E-state index in [0.29, 0.717) is 19.3 Å². The highest BCUT2D eigenvalue weighted by Crippen LogP contribution is 2.19. The van der Waals surface area contributed by atoms with E-state index in [4.69, 9.17) is 9.47 Å². The molecule has 0 radical (unpaired) electrons. The summed E-state index contributed by atoms with van der Waals surface area (Å²) in [7, 11) is 1.90. The zero-order valence-corrected chi connectivity index (χ0v) is 15.4. The molecule has 2 aromatic rings. The van der Waals surface area contributed by atoms with Crippen LogP contribution in [0.25, 0.3) is 0 Å². The maximum Gasteiger partial charge on any atom is 0.157 e. The summed E-state index contributed by atoms with van der Waals surface area (Å²) in [4.78, 5) is 2.54. The fourth-order valence-corrected chi connectivity index (χ4v) is 3.92. The third kappa shape index (κ3) is 4.44. The molecule has 1 unspecified atom stereocenters. The van der Waals surface area contributed by atoms with Gasteiger partial charge in [-0.05, 0) is 24.9 Å². The second kappa shape index (κ2) is 8.20. The lowest BCUT2D eigenvalue weighted by molar-refractivity contribution is 0.133. The van der Waals surface area contributed by atoms with Crippen LogP contribution in [0.15, 0.2) is 42.7 Å². The number of benzene rings is 1. The minimum atomic E-state index is 0.0451. The van der Waals surface area contributed by atoms with Crippen molar-refractivity contribution in [1.29, 1.82) is 0 Å². The van der Waals surface area contributed by atoms with E-state index in [1.807, 2.05) is 13.2 Å². The molecule has 1 aromatic heterocycles. The van der Waals surface area contributed by atoms with E-state index >= 15 is 0 Å². The molecule has 4 rings (SSSR count). The molecule has 0 spiro atoms. The topological polar surface area (TPSA) is 51.6 Å². The highest BCUT2D eigenvalue weighted by atomic mass is 16.5. The van der Waals surface area contributed by atoms with Crippen molar-refractivity contribution in [3.05, 3.63) is 48.3 Å². The van der Waals surface area contributed by atoms with Gasteiger partial charge in [0.2, 0.25) is 0 Å². The number of piperidine rings is 1. The van der Waals surface area contributed by atoms with Crippen LogP contribution in [0.2, 0.25) is 0 Å². The molecule has 6 nitrogen and oxygen atoms in total. The summed E-state index contributed by atoms with van der Waals surface area (Å²) >= 11 is 0. The van der Waals surface area contributed by atoms with Crippen LogP contribution in [0.5, 0.6) is 5.75 Å². The van der Waals surface area contributed by atoms with E-state index in [-0.39, 0.29) is 12.1 Å². The van der Waals surface area contributed by atoms with Crippen molar-refractivity contribution in [3.63, 3.8) is 0 Å². The predicted octanol–water partition coefficient (Wildman–Crippen LogP) is 1.82. The van der Waals surface area contributed by atoms with Crippen LogP contribution in [0.1, 0.15) is 18.4 Å². The average molecular weight is 356 g/mol. The molecule has 3 atom stereocenters. The molecule has 0 bridgehead atoms. The molecule has 2 aliphatic rings. The Balaban J connectivity index is 1.31. The summed E-state index contributed by atoms with van der Waals surface area (Å²) in [6.07, 6.45) is 6.15. The monoisotopic (exact) mass is 356 g/mol. The first kappa shape index (κ1) is 17.5. The molecule has 0 aliphatic carbocycles. The Labute approximate surface area is 155 Å². The summed E-state index contributed by atoms with van der Waals surface area (Å²) in [5, 5.41) is 7.96. The molecular weight excluding hydrogens is 328 g/mol. The van der Waals surface area contributed by atoms with Crippen molar-refractivity contribution >= 4 is 0 Å². The maximum absolute atomic E-state index is 6.09. The summed E-state index contributed by atoms with van der Waals surface area (Å²) in [5.41, 5.74) is 1.38. The summed E-state index contributed by atoms with van der Waals surface area (Å²) in [6.45, 7) is 4.61. The van der Waals surface area contributed by atoms with Crippen molar-refractivity contribution in [3.8, 4) is 5.75 Å². The van der Waals surface area contributed by atoms with Gasteiger partial charge in [-0.3, -0.25) is 9.58 Å². The molecule has 2 fully saturated rings. The van der Waals surface area contributed by atoms with Crippen LogP contribution >= 0.6 is 0 Å². The Hall–Kier alpha value is -1.89. The Bertz CT molecular complexity index is 690. The number of aryl methyl sites for hydroxylation is 1. The van der Waals surface area contributed by atoms with Crippen LogP contribution < -0.4 is 10.1 Å². The van der Waals surface area contributed by atoms with Gasteiger partial charge in [-0.25, -0.2) is 0 Å². The number of likely N-dealkylation sites (tertiary alicyclic amines) is 1. The Morgan fingerprint density at radius 2 is 2.15 bits per heavy atom. The SMILES string of the molecule is Cn1cc(O[C@@H]2COC[C@@H]2NC2CCCN(Cc3ccccc3)C2)cn1. The van der Waals surface area contributed by atoms with Crippen LogP contribution in [0.3, 0.4) is 0 Å². The molecule has 26 heavy (non-hydrogen) atoms. The lowest BCUT2D eigenvalue weighted by Crippen LogP contribution is -2.53. The minimum absolute atomic E-state index is 0.0451. The first-order valence-corrected chi connectivity index (χ1v) is 9.51. The quantitative estimate of drug-likeness (QED) is 0.856. The van der Waals surface area contributed by atoms with E-state index in [1.165, 1.54) is 24.9 Å². The first-order chi connectivity index (χ1) is 12.8. The van der Waals surface area contributed by atoms with Gasteiger partial charge < -0.3 is 14.8 Å². The third-order valence-corrected chi connectivity index (χ3v) is 5.20. The fraction of sp³-hybridized carbons (Fsp3) is 0.550. The maximum atomic E-state index is 6.09. The highest BCUT2D eigenvalue weighted by molar-refractivity contribution is 5.15. The highest BCUT2D eigenvalue weighted by Gasteiger charge is 2.33. The van der Waals surface area contributed by atoms with Gasteiger partial charge in [-0.15, -0.1) is 0 Å². The number of rotatable bonds is 6. The van der Waals surface area contributed by atoms with Crippen LogP contribution in [-0.4, -0.2) is 59.2 Å². The zero-order chi connectivity index (χ0) is 17.8. The van der Waals surface area contributed by atoms with Gasteiger partial charge in [0.1, 0.15) is 6.10 Å². The number of ether oxygens (including phenoxy) is 2. The summed E-state index contributed by atoms with van der Waals surface area (Å²) in [5.74, 6) is 0.809. The number of hydrogen-bond acceptors (Lipinski definition) is 5. The van der Waals surface area contributed by atoms with Crippen molar-refractivity contribution in [2.45, 2.75) is 37.6 Å². The van der Waals surface area contributed by atoms with Crippen LogP contribution in [0, 0.1) is 0 Å². The second-order valence-corrected chi connectivity index (χ2v) is 7.38. The molecule has 0 saturated carbocycles. The fourth-order valence-electron chi connectivity index (χ4n) is 3.92. The van der Waals surface area contributed by atoms with E-state index < -0.39 is 0 Å². The molecule has 6 heteroatoms. The van der Waals surface area contributed by atoms with Gasteiger partial charge in [-0.1, -0.05) is 30.3 Å². The van der Waals surface area contributed by atoms with E-state index in [2.05, 4.69) is 45.6 Å². The largest absolute Gasteiger partial charge is 0.483 e. The van der Waals surface area contributed by atoms with E-state index in [0.717, 1.165) is 18.8 Å². The van der Waals surface area contributed by atoms with Gasteiger partial charge in [0.25, 0.3) is 0 Å². The van der Waals surface area contributed by atoms with Gasteiger partial charge >= 0.3 is 0 Å². The average Bonchev–Trinajstić information content (AvgIpc) is 3.26. The molecule has 0 amide bonds. The smallest absolute Gasteiger partial charge is 0.157 e. The van der Waals surface area contributed by atoms with Crippen molar-refractivity contribution in [2.24, 2.45) is 7.05 Å².